The van der Waals surface area contributed by atoms with Gasteiger partial charge in [0.25, 0.3) is 5.91 Å². The summed E-state index contributed by atoms with van der Waals surface area (Å²) >= 11 is 0. The SMILES string of the molecule is Cc1ccc(C(=O)N2CCN(C(=O)C(NC(=O)Nc3c(C)cccc3C)C(C)C)CC2C)cc1. The number of carbonyl (C=O) groups is 3. The molecular weight excluding hydrogens is 428 g/mol. The number of para-hydroxylation sites is 1. The van der Waals surface area contributed by atoms with Gasteiger partial charge in [0.15, 0.2) is 0 Å². The second kappa shape index (κ2) is 10.7. The Labute approximate surface area is 202 Å². The summed E-state index contributed by atoms with van der Waals surface area (Å²) in [5.41, 5.74) is 4.44. The largest absolute Gasteiger partial charge is 0.337 e. The van der Waals surface area contributed by atoms with Crippen molar-refractivity contribution < 1.29 is 14.4 Å². The first-order chi connectivity index (χ1) is 16.1. The number of nitrogens with zero attached hydrogens (tertiary/aromatic N) is 2. The fourth-order valence-corrected chi connectivity index (χ4v) is 4.33. The normalized spacial score (nSPS) is 16.9. The van der Waals surface area contributed by atoms with Crippen LogP contribution in [0.15, 0.2) is 42.5 Å². The third-order valence-electron chi connectivity index (χ3n) is 6.44. The van der Waals surface area contributed by atoms with Crippen LogP contribution in [0.2, 0.25) is 0 Å². The molecular formula is C27H36N4O3. The first kappa shape index (κ1) is 25.3. The van der Waals surface area contributed by atoms with Gasteiger partial charge in [0, 0.05) is 36.9 Å². The van der Waals surface area contributed by atoms with Crippen LogP contribution in [-0.2, 0) is 4.79 Å². The lowest BCUT2D eigenvalue weighted by molar-refractivity contribution is -0.136. The van der Waals surface area contributed by atoms with Gasteiger partial charge in [0.2, 0.25) is 5.91 Å². The summed E-state index contributed by atoms with van der Waals surface area (Å²) < 4.78 is 0. The molecule has 2 atom stereocenters. The lowest BCUT2D eigenvalue weighted by Gasteiger charge is -2.41. The second-order valence-corrected chi connectivity index (χ2v) is 9.58. The van der Waals surface area contributed by atoms with E-state index in [0.29, 0.717) is 25.2 Å². The van der Waals surface area contributed by atoms with E-state index in [2.05, 4.69) is 10.6 Å². The van der Waals surface area contributed by atoms with Crippen LogP contribution in [0.3, 0.4) is 0 Å². The predicted molar refractivity (Wildman–Crippen MR) is 135 cm³/mol. The van der Waals surface area contributed by atoms with Crippen LogP contribution in [0.25, 0.3) is 0 Å². The highest BCUT2D eigenvalue weighted by molar-refractivity contribution is 5.96. The van der Waals surface area contributed by atoms with Crippen molar-refractivity contribution in [1.29, 1.82) is 0 Å². The Hall–Kier alpha value is -3.35. The van der Waals surface area contributed by atoms with E-state index in [9.17, 15) is 14.4 Å². The third-order valence-corrected chi connectivity index (χ3v) is 6.44. The van der Waals surface area contributed by atoms with Crippen LogP contribution < -0.4 is 10.6 Å². The average Bonchev–Trinajstić information content (AvgIpc) is 2.79. The Balaban J connectivity index is 1.64. The molecule has 7 heteroatoms. The van der Waals surface area contributed by atoms with E-state index in [1.165, 1.54) is 0 Å². The van der Waals surface area contributed by atoms with Gasteiger partial charge < -0.3 is 20.4 Å². The number of benzene rings is 2. The lowest BCUT2D eigenvalue weighted by atomic mass is 10.0. The summed E-state index contributed by atoms with van der Waals surface area (Å²) in [4.78, 5) is 42.7. The zero-order valence-electron chi connectivity index (χ0n) is 21.0. The molecule has 1 aliphatic heterocycles. The number of urea groups is 1. The minimum atomic E-state index is -0.657. The number of rotatable bonds is 5. The Morgan fingerprint density at radius 1 is 0.941 bits per heavy atom. The van der Waals surface area contributed by atoms with Crippen molar-refractivity contribution in [3.05, 3.63) is 64.7 Å². The zero-order valence-corrected chi connectivity index (χ0v) is 21.0. The molecule has 1 heterocycles. The van der Waals surface area contributed by atoms with Gasteiger partial charge >= 0.3 is 6.03 Å². The van der Waals surface area contributed by atoms with Crippen LogP contribution in [0.1, 0.15) is 47.8 Å². The van der Waals surface area contributed by atoms with Crippen LogP contribution in [0.4, 0.5) is 10.5 Å². The number of nitrogens with one attached hydrogen (secondary N) is 2. The number of piperazine rings is 1. The molecule has 0 aromatic heterocycles. The number of carbonyl (C=O) groups excluding carboxylic acids is 3. The summed E-state index contributed by atoms with van der Waals surface area (Å²) in [5.74, 6) is -0.231. The molecule has 1 saturated heterocycles. The Morgan fingerprint density at radius 2 is 1.56 bits per heavy atom. The molecule has 3 rings (SSSR count). The van der Waals surface area contributed by atoms with Gasteiger partial charge in [-0.3, -0.25) is 9.59 Å². The van der Waals surface area contributed by atoms with E-state index in [1.54, 1.807) is 4.90 Å². The molecule has 2 unspecified atom stereocenters. The van der Waals surface area contributed by atoms with E-state index < -0.39 is 12.1 Å². The summed E-state index contributed by atoms with van der Waals surface area (Å²) in [6.45, 7) is 13.0. The van der Waals surface area contributed by atoms with Gasteiger partial charge in [-0.2, -0.15) is 0 Å². The van der Waals surface area contributed by atoms with Crippen molar-refractivity contribution in [2.45, 2.75) is 53.6 Å². The maximum Gasteiger partial charge on any atom is 0.319 e. The minimum absolute atomic E-state index is 0.0221. The quantitative estimate of drug-likeness (QED) is 0.698. The molecule has 2 N–H and O–H groups in total. The van der Waals surface area contributed by atoms with Crippen molar-refractivity contribution in [3.63, 3.8) is 0 Å². The molecule has 1 aliphatic rings. The molecule has 1 fully saturated rings. The van der Waals surface area contributed by atoms with Crippen molar-refractivity contribution in [3.8, 4) is 0 Å². The van der Waals surface area contributed by atoms with Gasteiger partial charge in [-0.1, -0.05) is 49.7 Å². The molecule has 34 heavy (non-hydrogen) atoms. The smallest absolute Gasteiger partial charge is 0.319 e. The summed E-state index contributed by atoms with van der Waals surface area (Å²) in [6.07, 6.45) is 0. The number of hydrogen-bond acceptors (Lipinski definition) is 3. The third kappa shape index (κ3) is 5.76. The monoisotopic (exact) mass is 464 g/mol. The van der Waals surface area contributed by atoms with Gasteiger partial charge in [-0.25, -0.2) is 4.79 Å². The van der Waals surface area contributed by atoms with Gasteiger partial charge in [0.1, 0.15) is 6.04 Å². The Morgan fingerprint density at radius 3 is 2.12 bits per heavy atom. The number of anilines is 1. The molecule has 0 saturated carbocycles. The number of amides is 4. The van der Waals surface area contributed by atoms with Gasteiger partial charge in [-0.05, 0) is 56.9 Å². The van der Waals surface area contributed by atoms with E-state index in [1.807, 2.05) is 88.9 Å². The summed E-state index contributed by atoms with van der Waals surface area (Å²) in [5, 5.41) is 5.78. The van der Waals surface area contributed by atoms with Crippen LogP contribution in [-0.4, -0.2) is 59.4 Å². The number of aryl methyl sites for hydroxylation is 3. The maximum atomic E-state index is 13.4. The topological polar surface area (TPSA) is 81.8 Å². The minimum Gasteiger partial charge on any atom is -0.337 e. The van der Waals surface area contributed by atoms with Crippen LogP contribution >= 0.6 is 0 Å². The predicted octanol–water partition coefficient (Wildman–Crippen LogP) is 4.13. The van der Waals surface area contributed by atoms with E-state index in [0.717, 1.165) is 22.4 Å². The highest BCUT2D eigenvalue weighted by Crippen LogP contribution is 2.20. The molecule has 0 bridgehead atoms. The summed E-state index contributed by atoms with van der Waals surface area (Å²) in [6, 6.07) is 12.2. The van der Waals surface area contributed by atoms with Crippen molar-refractivity contribution in [1.82, 2.24) is 15.1 Å². The van der Waals surface area contributed by atoms with Crippen LogP contribution in [0.5, 0.6) is 0 Å². The van der Waals surface area contributed by atoms with E-state index in [4.69, 9.17) is 0 Å². The number of hydrogen-bond donors (Lipinski definition) is 2. The highest BCUT2D eigenvalue weighted by Gasteiger charge is 2.35. The van der Waals surface area contributed by atoms with Crippen molar-refractivity contribution >= 4 is 23.5 Å². The van der Waals surface area contributed by atoms with E-state index in [-0.39, 0.29) is 23.8 Å². The van der Waals surface area contributed by atoms with Crippen LogP contribution in [0, 0.1) is 26.7 Å². The first-order valence-electron chi connectivity index (χ1n) is 11.9. The molecule has 0 aliphatic carbocycles. The lowest BCUT2D eigenvalue weighted by Crippen LogP contribution is -2.60. The van der Waals surface area contributed by atoms with Gasteiger partial charge in [-0.15, -0.1) is 0 Å². The molecule has 4 amide bonds. The Kier molecular flexibility index (Phi) is 7.97. The second-order valence-electron chi connectivity index (χ2n) is 9.58. The molecule has 0 radical (unpaired) electrons. The average molecular weight is 465 g/mol. The van der Waals surface area contributed by atoms with Crippen molar-refractivity contribution in [2.24, 2.45) is 5.92 Å². The Bertz CT molecular complexity index is 1030. The fourth-order valence-electron chi connectivity index (χ4n) is 4.33. The highest BCUT2D eigenvalue weighted by atomic mass is 16.2. The van der Waals surface area contributed by atoms with Crippen molar-refractivity contribution in [2.75, 3.05) is 25.0 Å². The summed E-state index contributed by atoms with van der Waals surface area (Å²) in [7, 11) is 0. The molecule has 2 aromatic carbocycles. The first-order valence-corrected chi connectivity index (χ1v) is 11.9. The molecule has 7 nitrogen and oxygen atoms in total. The fraction of sp³-hybridized carbons (Fsp3) is 0.444. The molecule has 0 spiro atoms. The van der Waals surface area contributed by atoms with E-state index >= 15 is 0 Å². The van der Waals surface area contributed by atoms with Gasteiger partial charge in [0.05, 0.1) is 0 Å². The molecule has 182 valence electrons. The standard InChI is InChI=1S/C27H36N4O3/c1-17(2)23(28-27(34)29-24-19(4)8-7-9-20(24)5)26(33)30-14-15-31(21(6)16-30)25(32)22-12-10-18(3)11-13-22/h7-13,17,21,23H,14-16H2,1-6H3,(H2,28,29,34). The molecule has 2 aromatic rings. The zero-order chi connectivity index (χ0) is 25.0. The maximum absolute atomic E-state index is 13.4.